The number of aliphatic carboxylic acids is 1. The van der Waals surface area contributed by atoms with Gasteiger partial charge < -0.3 is 14.3 Å². The lowest BCUT2D eigenvalue weighted by atomic mass is 10.1. The van der Waals surface area contributed by atoms with Crippen molar-refractivity contribution < 1.29 is 19.1 Å². The van der Waals surface area contributed by atoms with Gasteiger partial charge in [0.05, 0.1) is 6.42 Å². The smallest absolute Gasteiger partial charge is 0.329 e. The summed E-state index contributed by atoms with van der Waals surface area (Å²) in [7, 11) is 0. The number of halogens is 1. The number of carbonyl (C=O) groups is 1. The molecule has 2 aromatic rings. The molecule has 2 rings (SSSR count). The van der Waals surface area contributed by atoms with Crippen LogP contribution in [0, 0.1) is 0 Å². The highest BCUT2D eigenvalue weighted by atomic mass is 35.5. The van der Waals surface area contributed by atoms with Crippen molar-refractivity contribution in [2.24, 2.45) is 0 Å². The topological polar surface area (TPSA) is 85.5 Å². The summed E-state index contributed by atoms with van der Waals surface area (Å²) >= 11 is 6.02. The molecule has 0 aliphatic carbocycles. The lowest BCUT2D eigenvalue weighted by Crippen LogP contribution is -2.06. The van der Waals surface area contributed by atoms with Crippen molar-refractivity contribution in [1.82, 2.24) is 10.2 Å². The average molecular weight is 283 g/mol. The van der Waals surface area contributed by atoms with Crippen molar-refractivity contribution in [1.29, 1.82) is 0 Å². The van der Waals surface area contributed by atoms with Gasteiger partial charge in [0.25, 0.3) is 0 Å². The van der Waals surface area contributed by atoms with E-state index in [-0.39, 0.29) is 12.5 Å². The van der Waals surface area contributed by atoms with E-state index >= 15 is 0 Å². The Morgan fingerprint density at radius 2 is 2.05 bits per heavy atom. The zero-order valence-corrected chi connectivity index (χ0v) is 10.6. The summed E-state index contributed by atoms with van der Waals surface area (Å²) in [4.78, 5) is 10.3. The van der Waals surface area contributed by atoms with Crippen LogP contribution in [0.15, 0.2) is 28.7 Å². The third kappa shape index (κ3) is 4.04. The van der Waals surface area contributed by atoms with E-state index in [9.17, 15) is 4.79 Å². The van der Waals surface area contributed by atoms with Crippen molar-refractivity contribution in [2.75, 3.05) is 6.61 Å². The largest absolute Gasteiger partial charge is 0.480 e. The number of rotatable bonds is 6. The molecule has 0 radical (unpaired) electrons. The number of benzene rings is 1. The molecule has 0 aliphatic rings. The van der Waals surface area contributed by atoms with E-state index in [2.05, 4.69) is 10.2 Å². The van der Waals surface area contributed by atoms with E-state index in [0.29, 0.717) is 17.3 Å². The first-order valence-corrected chi connectivity index (χ1v) is 5.87. The summed E-state index contributed by atoms with van der Waals surface area (Å²) in [6.45, 7) is -0.427. The van der Waals surface area contributed by atoms with Gasteiger partial charge in [-0.15, -0.1) is 10.2 Å². The molecule has 0 amide bonds. The van der Waals surface area contributed by atoms with Gasteiger partial charge in [-0.25, -0.2) is 4.79 Å². The first-order valence-electron chi connectivity index (χ1n) is 5.49. The average Bonchev–Trinajstić information content (AvgIpc) is 2.79. The Labute approximate surface area is 114 Å². The zero-order chi connectivity index (χ0) is 13.7. The fourth-order valence-corrected chi connectivity index (χ4v) is 1.65. The molecule has 0 saturated carbocycles. The maximum atomic E-state index is 10.3. The maximum Gasteiger partial charge on any atom is 0.329 e. The van der Waals surface area contributed by atoms with Crippen molar-refractivity contribution in [2.45, 2.75) is 13.0 Å². The first-order chi connectivity index (χ1) is 9.15. The van der Waals surface area contributed by atoms with Crippen LogP contribution in [0.1, 0.15) is 17.3 Å². The Morgan fingerprint density at radius 3 is 2.79 bits per heavy atom. The van der Waals surface area contributed by atoms with Crippen molar-refractivity contribution >= 4 is 17.6 Å². The van der Waals surface area contributed by atoms with E-state index in [1.165, 1.54) is 0 Å². The normalized spacial score (nSPS) is 10.6. The SMILES string of the molecule is O=C(O)COCc1nnc(Cc2ccccc2Cl)o1. The van der Waals surface area contributed by atoms with Crippen LogP contribution in [0.4, 0.5) is 0 Å². The molecule has 0 spiro atoms. The molecular formula is C12H11ClN2O4. The summed E-state index contributed by atoms with van der Waals surface area (Å²) in [5.74, 6) is -0.402. The van der Waals surface area contributed by atoms with Gasteiger partial charge in [0, 0.05) is 5.02 Å². The van der Waals surface area contributed by atoms with Gasteiger partial charge in [-0.05, 0) is 11.6 Å². The van der Waals surface area contributed by atoms with E-state index in [1.54, 1.807) is 6.07 Å². The Hall–Kier alpha value is -1.92. The number of aromatic nitrogens is 2. The van der Waals surface area contributed by atoms with Crippen LogP contribution < -0.4 is 0 Å². The number of nitrogens with zero attached hydrogens (tertiary/aromatic N) is 2. The first kappa shape index (κ1) is 13.5. The number of carboxylic acids is 1. The van der Waals surface area contributed by atoms with Gasteiger partial charge in [-0.2, -0.15) is 0 Å². The lowest BCUT2D eigenvalue weighted by molar-refractivity contribution is -0.142. The minimum absolute atomic E-state index is 0.0260. The molecule has 1 aromatic carbocycles. The van der Waals surface area contributed by atoms with Gasteiger partial charge in [-0.3, -0.25) is 0 Å². The molecule has 0 aliphatic heterocycles. The summed E-state index contributed by atoms with van der Waals surface area (Å²) in [5.41, 5.74) is 0.880. The molecule has 6 nitrogen and oxygen atoms in total. The molecule has 1 aromatic heterocycles. The summed E-state index contributed by atoms with van der Waals surface area (Å²) < 4.78 is 10.2. The third-order valence-corrected chi connectivity index (χ3v) is 2.63. The van der Waals surface area contributed by atoms with Gasteiger partial charge in [0.2, 0.25) is 11.8 Å². The summed E-state index contributed by atoms with van der Waals surface area (Å²) in [6.07, 6.45) is 0.422. The van der Waals surface area contributed by atoms with Crippen LogP contribution in [0.3, 0.4) is 0 Å². The predicted molar refractivity (Wildman–Crippen MR) is 65.8 cm³/mol. The van der Waals surface area contributed by atoms with Crippen LogP contribution in [-0.2, 0) is 22.6 Å². The molecule has 1 N–H and O–H groups in total. The standard InChI is InChI=1S/C12H11ClN2O4/c13-9-4-2-1-3-8(9)5-10-14-15-11(19-10)6-18-7-12(16)17/h1-4H,5-7H2,(H,16,17). The van der Waals surface area contributed by atoms with E-state index in [1.807, 2.05) is 18.2 Å². The predicted octanol–water partition coefficient (Wildman–Crippen LogP) is 1.91. The van der Waals surface area contributed by atoms with E-state index < -0.39 is 12.6 Å². The van der Waals surface area contributed by atoms with Crippen LogP contribution in [0.5, 0.6) is 0 Å². The van der Waals surface area contributed by atoms with E-state index in [4.69, 9.17) is 25.9 Å². The lowest BCUT2D eigenvalue weighted by Gasteiger charge is -1.99. The second-order valence-electron chi connectivity index (χ2n) is 3.74. The van der Waals surface area contributed by atoms with Crippen LogP contribution in [-0.4, -0.2) is 27.9 Å². The van der Waals surface area contributed by atoms with Crippen molar-refractivity contribution in [3.8, 4) is 0 Å². The molecule has 0 fully saturated rings. The highest BCUT2D eigenvalue weighted by Gasteiger charge is 2.09. The molecule has 0 atom stereocenters. The van der Waals surface area contributed by atoms with Crippen LogP contribution in [0.2, 0.25) is 5.02 Å². The number of hydrogen-bond donors (Lipinski definition) is 1. The molecule has 19 heavy (non-hydrogen) atoms. The molecule has 0 saturated heterocycles. The highest BCUT2D eigenvalue weighted by Crippen LogP contribution is 2.18. The highest BCUT2D eigenvalue weighted by molar-refractivity contribution is 6.31. The fourth-order valence-electron chi connectivity index (χ4n) is 1.45. The molecule has 0 bridgehead atoms. The number of hydrogen-bond acceptors (Lipinski definition) is 5. The molecular weight excluding hydrogens is 272 g/mol. The Kier molecular flexibility index (Phi) is 4.48. The second-order valence-corrected chi connectivity index (χ2v) is 4.15. The fraction of sp³-hybridized carbons (Fsp3) is 0.250. The minimum atomic E-state index is -1.05. The third-order valence-electron chi connectivity index (χ3n) is 2.26. The molecule has 7 heteroatoms. The molecule has 0 unspecified atom stereocenters. The molecule has 1 heterocycles. The minimum Gasteiger partial charge on any atom is -0.480 e. The second kappa shape index (κ2) is 6.31. The van der Waals surface area contributed by atoms with Crippen LogP contribution >= 0.6 is 11.6 Å². The Balaban J connectivity index is 1.94. The zero-order valence-electron chi connectivity index (χ0n) is 9.88. The monoisotopic (exact) mass is 282 g/mol. The van der Waals surface area contributed by atoms with Gasteiger partial charge in [0.15, 0.2) is 0 Å². The Bertz CT molecular complexity index is 570. The number of ether oxygens (including phenoxy) is 1. The van der Waals surface area contributed by atoms with Crippen LogP contribution in [0.25, 0.3) is 0 Å². The van der Waals surface area contributed by atoms with Gasteiger partial charge in [-0.1, -0.05) is 29.8 Å². The number of carboxylic acid groups (broad SMARTS) is 1. The summed E-state index contributed by atoms with van der Waals surface area (Å²) in [6, 6.07) is 7.36. The van der Waals surface area contributed by atoms with Crippen molar-refractivity contribution in [3.63, 3.8) is 0 Å². The summed E-state index contributed by atoms with van der Waals surface area (Å²) in [5, 5.41) is 16.7. The Morgan fingerprint density at radius 1 is 1.32 bits per heavy atom. The maximum absolute atomic E-state index is 10.3. The molecule has 100 valence electrons. The van der Waals surface area contributed by atoms with E-state index in [0.717, 1.165) is 5.56 Å². The van der Waals surface area contributed by atoms with Crippen molar-refractivity contribution in [3.05, 3.63) is 46.6 Å². The van der Waals surface area contributed by atoms with Gasteiger partial charge >= 0.3 is 5.97 Å². The van der Waals surface area contributed by atoms with Gasteiger partial charge in [0.1, 0.15) is 13.2 Å². The quantitative estimate of drug-likeness (QED) is 0.871.